The van der Waals surface area contributed by atoms with E-state index in [4.69, 9.17) is 11.6 Å². The molecule has 1 atom stereocenters. The Hall–Kier alpha value is -1.10. The molecule has 120 valence electrons. The number of benzene rings is 1. The normalized spacial score (nSPS) is 22.4. The molecular formula is C17H23ClN2O2. The Morgan fingerprint density at radius 3 is 2.55 bits per heavy atom. The van der Waals surface area contributed by atoms with Crippen LogP contribution in [0.25, 0.3) is 0 Å². The molecule has 0 radical (unpaired) electrons. The van der Waals surface area contributed by atoms with Crippen LogP contribution in [0.2, 0.25) is 5.02 Å². The van der Waals surface area contributed by atoms with Crippen LogP contribution in [0.15, 0.2) is 24.3 Å². The molecule has 1 aromatic carbocycles. The molecule has 1 aliphatic carbocycles. The summed E-state index contributed by atoms with van der Waals surface area (Å²) >= 11 is 6.08. The van der Waals surface area contributed by atoms with Crippen molar-refractivity contribution in [3.8, 4) is 0 Å². The van der Waals surface area contributed by atoms with Crippen LogP contribution >= 0.6 is 11.6 Å². The number of hydrogen-bond acceptors (Lipinski definition) is 3. The fourth-order valence-electron chi connectivity index (χ4n) is 3.35. The number of amides is 1. The molecule has 3 rings (SSSR count). The Balaban J connectivity index is 1.65. The van der Waals surface area contributed by atoms with Crippen molar-refractivity contribution in [3.05, 3.63) is 34.9 Å². The standard InChI is InChI=1S/C17H23ClN2O2/c1-13(21)12-19-7-9-20(10-8-19)16(22)17(5-6-17)14-3-2-4-15(18)11-14/h2-4,11,13,21H,5-10,12H2,1H3/t13-/m1/s1. The zero-order valence-corrected chi connectivity index (χ0v) is 13.7. The molecule has 1 aliphatic heterocycles. The van der Waals surface area contributed by atoms with Gasteiger partial charge in [0.1, 0.15) is 0 Å². The summed E-state index contributed by atoms with van der Waals surface area (Å²) in [5, 5.41) is 10.2. The highest BCUT2D eigenvalue weighted by Gasteiger charge is 2.53. The Labute approximate surface area is 136 Å². The lowest BCUT2D eigenvalue weighted by Gasteiger charge is -2.37. The van der Waals surface area contributed by atoms with Crippen LogP contribution in [-0.2, 0) is 10.2 Å². The number of aliphatic hydroxyl groups excluding tert-OH is 1. The van der Waals surface area contributed by atoms with E-state index in [1.165, 1.54) is 0 Å². The molecule has 5 heteroatoms. The van der Waals surface area contributed by atoms with Crippen molar-refractivity contribution in [1.29, 1.82) is 0 Å². The van der Waals surface area contributed by atoms with E-state index in [-0.39, 0.29) is 17.4 Å². The third kappa shape index (κ3) is 3.14. The highest BCUT2D eigenvalue weighted by Crippen LogP contribution is 2.50. The number of β-amino-alcohol motifs (C(OH)–C–C–N with tert-alkyl or cyclic N) is 1. The number of rotatable bonds is 4. The predicted octanol–water partition coefficient (Wildman–Crippen LogP) is 1.90. The van der Waals surface area contributed by atoms with Gasteiger partial charge in [0.15, 0.2) is 0 Å². The minimum Gasteiger partial charge on any atom is -0.392 e. The van der Waals surface area contributed by atoms with Crippen LogP contribution in [-0.4, -0.2) is 59.6 Å². The van der Waals surface area contributed by atoms with E-state index in [1.54, 1.807) is 6.92 Å². The highest BCUT2D eigenvalue weighted by molar-refractivity contribution is 6.30. The lowest BCUT2D eigenvalue weighted by molar-refractivity contribution is -0.135. The Morgan fingerprint density at radius 2 is 2.00 bits per heavy atom. The maximum atomic E-state index is 12.9. The summed E-state index contributed by atoms with van der Waals surface area (Å²) in [5.41, 5.74) is 0.716. The summed E-state index contributed by atoms with van der Waals surface area (Å²) in [6.45, 7) is 5.64. The second kappa shape index (κ2) is 6.19. The molecule has 0 spiro atoms. The summed E-state index contributed by atoms with van der Waals surface area (Å²) in [7, 11) is 0. The van der Waals surface area contributed by atoms with Crippen molar-refractivity contribution >= 4 is 17.5 Å². The van der Waals surface area contributed by atoms with Gasteiger partial charge in [-0.15, -0.1) is 0 Å². The van der Waals surface area contributed by atoms with Gasteiger partial charge in [-0.2, -0.15) is 0 Å². The zero-order valence-electron chi connectivity index (χ0n) is 13.0. The van der Waals surface area contributed by atoms with Gasteiger partial charge in [0.05, 0.1) is 11.5 Å². The monoisotopic (exact) mass is 322 g/mol. The van der Waals surface area contributed by atoms with Crippen molar-refractivity contribution in [2.45, 2.75) is 31.3 Å². The molecule has 1 N–H and O–H groups in total. The van der Waals surface area contributed by atoms with Crippen LogP contribution in [0.5, 0.6) is 0 Å². The summed E-state index contributed by atoms with van der Waals surface area (Å²) in [5.74, 6) is 0.242. The zero-order chi connectivity index (χ0) is 15.7. The Bertz CT molecular complexity index is 549. The van der Waals surface area contributed by atoms with Gasteiger partial charge in [-0.3, -0.25) is 9.69 Å². The fourth-order valence-corrected chi connectivity index (χ4v) is 3.54. The molecule has 0 unspecified atom stereocenters. The van der Waals surface area contributed by atoms with Crippen LogP contribution in [0, 0.1) is 0 Å². The largest absolute Gasteiger partial charge is 0.392 e. The number of piperazine rings is 1. The summed E-state index contributed by atoms with van der Waals surface area (Å²) in [4.78, 5) is 17.1. The van der Waals surface area contributed by atoms with E-state index in [1.807, 2.05) is 29.2 Å². The van der Waals surface area contributed by atoms with E-state index >= 15 is 0 Å². The molecule has 22 heavy (non-hydrogen) atoms. The fraction of sp³-hybridized carbons (Fsp3) is 0.588. The second-order valence-electron chi connectivity index (χ2n) is 6.53. The number of carbonyl (C=O) groups excluding carboxylic acids is 1. The molecule has 0 aromatic heterocycles. The van der Waals surface area contributed by atoms with Gasteiger partial charge in [-0.1, -0.05) is 23.7 Å². The first kappa shape index (κ1) is 15.8. The molecular weight excluding hydrogens is 300 g/mol. The van der Waals surface area contributed by atoms with Gasteiger partial charge in [-0.05, 0) is 37.5 Å². The predicted molar refractivity (Wildman–Crippen MR) is 87.1 cm³/mol. The summed E-state index contributed by atoms with van der Waals surface area (Å²) < 4.78 is 0. The van der Waals surface area contributed by atoms with Crippen molar-refractivity contribution in [3.63, 3.8) is 0 Å². The SMILES string of the molecule is C[C@@H](O)CN1CCN(C(=O)C2(c3cccc(Cl)c3)CC2)CC1. The molecule has 0 bridgehead atoms. The number of carbonyl (C=O) groups is 1. The van der Waals surface area contributed by atoms with E-state index in [0.717, 1.165) is 44.6 Å². The molecule has 1 saturated heterocycles. The van der Waals surface area contributed by atoms with Gasteiger partial charge >= 0.3 is 0 Å². The lowest BCUT2D eigenvalue weighted by Crippen LogP contribution is -2.52. The van der Waals surface area contributed by atoms with Crippen molar-refractivity contribution in [2.24, 2.45) is 0 Å². The van der Waals surface area contributed by atoms with Crippen molar-refractivity contribution in [1.82, 2.24) is 9.80 Å². The number of nitrogens with zero attached hydrogens (tertiary/aromatic N) is 2. The highest BCUT2D eigenvalue weighted by atomic mass is 35.5. The molecule has 4 nitrogen and oxygen atoms in total. The molecule has 2 fully saturated rings. The third-order valence-corrected chi connectivity index (χ3v) is 4.95. The van der Waals surface area contributed by atoms with Crippen LogP contribution < -0.4 is 0 Å². The maximum absolute atomic E-state index is 12.9. The van der Waals surface area contributed by atoms with E-state index < -0.39 is 0 Å². The van der Waals surface area contributed by atoms with Gasteiger partial charge in [0, 0.05) is 37.7 Å². The minimum atomic E-state index is -0.336. The second-order valence-corrected chi connectivity index (χ2v) is 6.97. The average Bonchev–Trinajstić information content (AvgIpc) is 3.28. The molecule has 1 saturated carbocycles. The quantitative estimate of drug-likeness (QED) is 0.920. The molecule has 1 amide bonds. The van der Waals surface area contributed by atoms with E-state index in [9.17, 15) is 9.90 Å². The molecule has 2 aliphatic rings. The van der Waals surface area contributed by atoms with Gasteiger partial charge in [0.25, 0.3) is 0 Å². The van der Waals surface area contributed by atoms with Crippen LogP contribution in [0.3, 0.4) is 0 Å². The molecule has 1 aromatic rings. The first-order valence-electron chi connectivity index (χ1n) is 7.97. The van der Waals surface area contributed by atoms with Gasteiger partial charge in [0.2, 0.25) is 5.91 Å². The first-order chi connectivity index (χ1) is 10.5. The lowest BCUT2D eigenvalue weighted by atomic mass is 9.94. The number of hydrogen-bond donors (Lipinski definition) is 1. The van der Waals surface area contributed by atoms with Crippen LogP contribution in [0.1, 0.15) is 25.3 Å². The molecule has 1 heterocycles. The minimum absolute atomic E-state index is 0.242. The number of halogens is 1. The van der Waals surface area contributed by atoms with Crippen molar-refractivity contribution in [2.75, 3.05) is 32.7 Å². The van der Waals surface area contributed by atoms with Gasteiger partial charge < -0.3 is 10.0 Å². The van der Waals surface area contributed by atoms with E-state index in [0.29, 0.717) is 11.6 Å². The summed E-state index contributed by atoms with van der Waals surface area (Å²) in [6, 6.07) is 7.71. The van der Waals surface area contributed by atoms with Crippen LogP contribution in [0.4, 0.5) is 0 Å². The maximum Gasteiger partial charge on any atom is 0.233 e. The first-order valence-corrected chi connectivity index (χ1v) is 8.35. The third-order valence-electron chi connectivity index (χ3n) is 4.72. The van der Waals surface area contributed by atoms with Crippen molar-refractivity contribution < 1.29 is 9.90 Å². The smallest absolute Gasteiger partial charge is 0.233 e. The van der Waals surface area contributed by atoms with Gasteiger partial charge in [-0.25, -0.2) is 0 Å². The topological polar surface area (TPSA) is 43.8 Å². The Kier molecular flexibility index (Phi) is 4.44. The average molecular weight is 323 g/mol. The summed E-state index contributed by atoms with van der Waals surface area (Å²) in [6.07, 6.45) is 1.52. The Morgan fingerprint density at radius 1 is 1.32 bits per heavy atom. The van der Waals surface area contributed by atoms with E-state index in [2.05, 4.69) is 4.90 Å². The number of aliphatic hydroxyl groups is 1.